The summed E-state index contributed by atoms with van der Waals surface area (Å²) in [5, 5.41) is 23.2. The van der Waals surface area contributed by atoms with Crippen molar-refractivity contribution >= 4 is 29.4 Å². The number of alkyl carbamates (subject to hydrolysis) is 1. The van der Waals surface area contributed by atoms with Crippen LogP contribution in [0.5, 0.6) is 0 Å². The van der Waals surface area contributed by atoms with Crippen LogP contribution in [-0.4, -0.2) is 42.0 Å². The van der Waals surface area contributed by atoms with Gasteiger partial charge in [-0.05, 0) is 24.1 Å². The number of nitrogens with one attached hydrogen (secondary N) is 1. The molecule has 1 amide bonds. The molecule has 2 unspecified atom stereocenters. The van der Waals surface area contributed by atoms with Gasteiger partial charge in [-0.3, -0.25) is 0 Å². The molecule has 8 nitrogen and oxygen atoms in total. The maximum atomic E-state index is 11.8. The highest BCUT2D eigenvalue weighted by Crippen LogP contribution is 2.31. The van der Waals surface area contributed by atoms with E-state index >= 15 is 0 Å². The summed E-state index contributed by atoms with van der Waals surface area (Å²) in [5.41, 5.74) is 6.83. The van der Waals surface area contributed by atoms with E-state index in [4.69, 9.17) is 22.1 Å². The summed E-state index contributed by atoms with van der Waals surface area (Å²) in [4.78, 5) is 23.5. The number of carbonyl (C=O) groups is 2. The van der Waals surface area contributed by atoms with Crippen molar-refractivity contribution in [2.75, 3.05) is 19.4 Å². The Kier molecular flexibility index (Phi) is 8.26. The van der Waals surface area contributed by atoms with E-state index < -0.39 is 24.3 Å². The monoisotopic (exact) mass is 422 g/mol. The number of rotatable bonds is 8. The summed E-state index contributed by atoms with van der Waals surface area (Å²) in [7, 11) is 1.20. The van der Waals surface area contributed by atoms with Gasteiger partial charge in [-0.1, -0.05) is 41.9 Å². The van der Waals surface area contributed by atoms with Gasteiger partial charge in [0.1, 0.15) is 12.7 Å². The molecular weight excluding hydrogens is 400 g/mol. The van der Waals surface area contributed by atoms with Crippen LogP contribution >= 0.6 is 11.6 Å². The quantitative estimate of drug-likeness (QED) is 0.379. The normalized spacial score (nSPS) is 12.7. The van der Waals surface area contributed by atoms with Crippen molar-refractivity contribution in [1.82, 2.24) is 5.32 Å². The fourth-order valence-corrected chi connectivity index (χ4v) is 2.86. The molecule has 0 radical (unpaired) electrons. The molecule has 0 fully saturated rings. The zero-order chi connectivity index (χ0) is 21.4. The number of hydrogen-bond acceptors (Lipinski definition) is 7. The molecule has 2 aromatic carbocycles. The summed E-state index contributed by atoms with van der Waals surface area (Å²) >= 11 is 6.08. The van der Waals surface area contributed by atoms with Crippen LogP contribution < -0.4 is 11.1 Å². The van der Waals surface area contributed by atoms with Crippen molar-refractivity contribution in [3.05, 3.63) is 64.2 Å². The summed E-state index contributed by atoms with van der Waals surface area (Å²) in [6, 6.07) is 11.8. The fraction of sp³-hybridized carbons (Fsp3) is 0.300. The minimum atomic E-state index is -1.39. The maximum absolute atomic E-state index is 11.8. The fourth-order valence-electron chi connectivity index (χ4n) is 2.58. The van der Waals surface area contributed by atoms with Crippen molar-refractivity contribution in [1.29, 1.82) is 0 Å². The van der Waals surface area contributed by atoms with Crippen molar-refractivity contribution < 1.29 is 29.3 Å². The largest absolute Gasteiger partial charge is 0.465 e. The molecule has 0 heterocycles. The molecule has 29 heavy (non-hydrogen) atoms. The second-order valence-electron chi connectivity index (χ2n) is 6.24. The summed E-state index contributed by atoms with van der Waals surface area (Å²) in [6.07, 6.45) is -3.27. The highest BCUT2D eigenvalue weighted by molar-refractivity contribution is 6.32. The van der Waals surface area contributed by atoms with Gasteiger partial charge in [-0.15, -0.1) is 0 Å². The maximum Gasteiger partial charge on any atom is 0.407 e. The van der Waals surface area contributed by atoms with E-state index in [0.29, 0.717) is 0 Å². The van der Waals surface area contributed by atoms with Crippen LogP contribution in [0.3, 0.4) is 0 Å². The second-order valence-corrected chi connectivity index (χ2v) is 6.65. The van der Waals surface area contributed by atoms with Gasteiger partial charge in [0.25, 0.3) is 0 Å². The van der Waals surface area contributed by atoms with E-state index in [9.17, 15) is 19.8 Å². The molecule has 0 bridgehead atoms. The summed E-state index contributed by atoms with van der Waals surface area (Å²) < 4.78 is 9.69. The Bertz CT molecular complexity index is 846. The van der Waals surface area contributed by atoms with Crippen LogP contribution in [0.25, 0.3) is 0 Å². The Hall–Kier alpha value is -2.81. The van der Waals surface area contributed by atoms with E-state index in [1.807, 2.05) is 30.3 Å². The van der Waals surface area contributed by atoms with Crippen LogP contribution in [0.2, 0.25) is 5.02 Å². The number of aliphatic hydroxyl groups excluding tert-OH is 2. The Morgan fingerprint density at radius 3 is 2.55 bits per heavy atom. The first kappa shape index (κ1) is 22.5. The Labute approximate surface area is 173 Å². The number of esters is 1. The van der Waals surface area contributed by atoms with E-state index in [1.54, 1.807) is 0 Å². The third-order valence-corrected chi connectivity index (χ3v) is 4.51. The van der Waals surface area contributed by atoms with E-state index in [-0.39, 0.29) is 41.4 Å². The number of hydrogen-bond donors (Lipinski definition) is 4. The molecule has 0 spiro atoms. The molecule has 0 aliphatic rings. The Morgan fingerprint density at radius 2 is 1.90 bits per heavy atom. The van der Waals surface area contributed by atoms with Gasteiger partial charge in [0.05, 0.1) is 18.8 Å². The average Bonchev–Trinajstić information content (AvgIpc) is 2.72. The zero-order valence-corrected chi connectivity index (χ0v) is 16.6. The average molecular weight is 423 g/mol. The number of methoxy groups -OCH3 is 1. The molecule has 9 heteroatoms. The van der Waals surface area contributed by atoms with Crippen LogP contribution in [0.15, 0.2) is 42.5 Å². The molecule has 2 atom stereocenters. The van der Waals surface area contributed by atoms with Gasteiger partial charge in [-0.25, -0.2) is 9.59 Å². The van der Waals surface area contributed by atoms with Crippen LogP contribution in [0.1, 0.15) is 34.0 Å². The molecule has 156 valence electrons. The van der Waals surface area contributed by atoms with Crippen LogP contribution in [-0.2, 0) is 16.1 Å². The van der Waals surface area contributed by atoms with Crippen LogP contribution in [0, 0.1) is 0 Å². The molecule has 2 aromatic rings. The number of aliphatic hydroxyl groups is 2. The van der Waals surface area contributed by atoms with Crippen molar-refractivity contribution in [3.63, 3.8) is 0 Å². The summed E-state index contributed by atoms with van der Waals surface area (Å²) in [6.45, 7) is 0.178. The number of ether oxygens (including phenoxy) is 2. The molecule has 2 rings (SSSR count). The van der Waals surface area contributed by atoms with Crippen molar-refractivity contribution in [3.8, 4) is 0 Å². The van der Waals surface area contributed by atoms with E-state index in [2.05, 4.69) is 10.1 Å². The van der Waals surface area contributed by atoms with E-state index in [0.717, 1.165) is 5.56 Å². The van der Waals surface area contributed by atoms with E-state index in [1.165, 1.54) is 19.2 Å². The van der Waals surface area contributed by atoms with Gasteiger partial charge >= 0.3 is 12.1 Å². The Morgan fingerprint density at radius 1 is 1.21 bits per heavy atom. The minimum Gasteiger partial charge on any atom is -0.465 e. The first-order valence-electron chi connectivity index (χ1n) is 8.81. The third kappa shape index (κ3) is 6.35. The van der Waals surface area contributed by atoms with Gasteiger partial charge < -0.3 is 30.7 Å². The molecule has 0 aliphatic carbocycles. The summed E-state index contributed by atoms with van der Waals surface area (Å²) in [5.74, 6) is -0.690. The van der Waals surface area contributed by atoms with Crippen molar-refractivity contribution in [2.24, 2.45) is 0 Å². The SMILES string of the molecule is COC(=O)c1cc(C(O)C(O)CCNC(=O)OCc2ccccc2)c(Cl)cc1N. The first-order chi connectivity index (χ1) is 13.8. The topological polar surface area (TPSA) is 131 Å². The van der Waals surface area contributed by atoms with Gasteiger partial charge in [0.2, 0.25) is 0 Å². The number of anilines is 1. The zero-order valence-electron chi connectivity index (χ0n) is 15.8. The lowest BCUT2D eigenvalue weighted by Gasteiger charge is -2.20. The number of amides is 1. The number of nitrogens with two attached hydrogens (primary N) is 1. The lowest BCUT2D eigenvalue weighted by molar-refractivity contribution is 0.0136. The highest BCUT2D eigenvalue weighted by Gasteiger charge is 2.24. The second kappa shape index (κ2) is 10.7. The molecule has 0 saturated carbocycles. The molecular formula is C20H23ClN2O6. The predicted octanol–water partition coefficient (Wildman–Crippen LogP) is 2.42. The number of halogens is 1. The lowest BCUT2D eigenvalue weighted by Crippen LogP contribution is -2.30. The molecule has 0 saturated heterocycles. The predicted molar refractivity (Wildman–Crippen MR) is 107 cm³/mol. The number of nitrogen functional groups attached to an aromatic ring is 1. The van der Waals surface area contributed by atoms with Crippen LogP contribution in [0.4, 0.5) is 10.5 Å². The van der Waals surface area contributed by atoms with Gasteiger partial charge in [0.15, 0.2) is 0 Å². The number of carbonyl (C=O) groups excluding carboxylic acids is 2. The smallest absolute Gasteiger partial charge is 0.407 e. The lowest BCUT2D eigenvalue weighted by atomic mass is 9.99. The van der Waals surface area contributed by atoms with Crippen molar-refractivity contribution in [2.45, 2.75) is 25.2 Å². The first-order valence-corrected chi connectivity index (χ1v) is 9.19. The number of benzene rings is 2. The molecule has 5 N–H and O–H groups in total. The standard InChI is InChI=1S/C20H23ClN2O6/c1-28-19(26)14-9-13(15(21)10-16(14)22)18(25)17(24)7-8-23-20(27)29-11-12-5-3-2-4-6-12/h2-6,9-10,17-18,24-25H,7-8,11,22H2,1H3,(H,23,27). The minimum absolute atomic E-state index is 0.0237. The molecule has 0 aromatic heterocycles. The molecule has 0 aliphatic heterocycles. The van der Waals surface area contributed by atoms with Gasteiger partial charge in [0, 0.05) is 22.8 Å². The Balaban J connectivity index is 1.88. The third-order valence-electron chi connectivity index (χ3n) is 4.18. The van der Waals surface area contributed by atoms with Gasteiger partial charge in [-0.2, -0.15) is 0 Å². The highest BCUT2D eigenvalue weighted by atomic mass is 35.5.